The zero-order chi connectivity index (χ0) is 9.45. The standard InChI is InChI=1S/C11H13ClO2/c12-4-1-6-5-3-8-9(10(5)13)7(2-4)11(6)14-8/h2,5-11,13H,1,3H2. The molecule has 0 radical (unpaired) electrons. The van der Waals surface area contributed by atoms with Crippen molar-refractivity contribution in [3.63, 3.8) is 0 Å². The Morgan fingerprint density at radius 2 is 2.29 bits per heavy atom. The number of rotatable bonds is 0. The highest BCUT2D eigenvalue weighted by Gasteiger charge is 2.64. The first-order valence-electron chi connectivity index (χ1n) is 5.45. The van der Waals surface area contributed by atoms with Crippen LogP contribution in [-0.2, 0) is 4.74 Å². The fraction of sp³-hybridized carbons (Fsp3) is 0.818. The monoisotopic (exact) mass is 212 g/mol. The zero-order valence-corrected chi connectivity index (χ0v) is 8.52. The van der Waals surface area contributed by atoms with E-state index in [4.69, 9.17) is 16.3 Å². The molecule has 7 unspecified atom stereocenters. The summed E-state index contributed by atoms with van der Waals surface area (Å²) >= 11 is 6.13. The number of hydrogen-bond donors (Lipinski definition) is 1. The van der Waals surface area contributed by atoms with Gasteiger partial charge in [-0.1, -0.05) is 17.7 Å². The molecule has 0 amide bonds. The molecular formula is C11H13ClO2. The van der Waals surface area contributed by atoms with Crippen LogP contribution in [0.15, 0.2) is 11.1 Å². The van der Waals surface area contributed by atoms with E-state index in [1.165, 1.54) is 0 Å². The summed E-state index contributed by atoms with van der Waals surface area (Å²) in [6.45, 7) is 0. The Labute approximate surface area is 87.9 Å². The second kappa shape index (κ2) is 2.37. The van der Waals surface area contributed by atoms with E-state index in [9.17, 15) is 5.11 Å². The molecule has 2 aliphatic heterocycles. The number of aliphatic hydroxyl groups excluding tert-OH is 1. The summed E-state index contributed by atoms with van der Waals surface area (Å²) in [7, 11) is 0. The first-order valence-corrected chi connectivity index (χ1v) is 5.83. The van der Waals surface area contributed by atoms with Gasteiger partial charge in [0.1, 0.15) is 0 Å². The van der Waals surface area contributed by atoms with Gasteiger partial charge in [0, 0.05) is 16.9 Å². The van der Waals surface area contributed by atoms with Crippen molar-refractivity contribution in [3.8, 4) is 0 Å². The van der Waals surface area contributed by atoms with Crippen LogP contribution in [0, 0.1) is 23.7 Å². The molecule has 7 atom stereocenters. The summed E-state index contributed by atoms with van der Waals surface area (Å²) in [4.78, 5) is 0. The van der Waals surface area contributed by atoms with Crippen LogP contribution in [0.1, 0.15) is 12.8 Å². The number of allylic oxidation sites excluding steroid dienone is 1. The van der Waals surface area contributed by atoms with Gasteiger partial charge < -0.3 is 9.84 Å². The largest absolute Gasteiger partial charge is 0.392 e. The lowest BCUT2D eigenvalue weighted by molar-refractivity contribution is -0.0800. The lowest BCUT2D eigenvalue weighted by Gasteiger charge is -2.43. The molecular weight excluding hydrogens is 200 g/mol. The minimum Gasteiger partial charge on any atom is -0.392 e. The predicted octanol–water partition coefficient (Wildman–Crippen LogP) is 1.52. The van der Waals surface area contributed by atoms with E-state index < -0.39 is 0 Å². The van der Waals surface area contributed by atoms with Gasteiger partial charge in [-0.15, -0.1) is 0 Å². The zero-order valence-electron chi connectivity index (χ0n) is 7.77. The van der Waals surface area contributed by atoms with Crippen LogP contribution in [0.5, 0.6) is 0 Å². The van der Waals surface area contributed by atoms with Gasteiger partial charge >= 0.3 is 0 Å². The van der Waals surface area contributed by atoms with Gasteiger partial charge in [-0.05, 0) is 24.7 Å². The molecule has 0 aromatic rings. The second-order valence-electron chi connectivity index (χ2n) is 5.17. The van der Waals surface area contributed by atoms with E-state index in [1.54, 1.807) is 0 Å². The van der Waals surface area contributed by atoms with Crippen LogP contribution in [0.2, 0.25) is 0 Å². The predicted molar refractivity (Wildman–Crippen MR) is 51.8 cm³/mol. The van der Waals surface area contributed by atoms with E-state index in [1.807, 2.05) is 0 Å². The Morgan fingerprint density at radius 1 is 1.43 bits per heavy atom. The SMILES string of the molecule is OC1C2CC3OC4C(C=C(Cl)CC24)C31. The quantitative estimate of drug-likeness (QED) is 0.660. The van der Waals surface area contributed by atoms with Crippen LogP contribution >= 0.6 is 11.6 Å². The minimum absolute atomic E-state index is 0.130. The number of halogens is 1. The lowest BCUT2D eigenvalue weighted by Crippen LogP contribution is -2.47. The molecule has 4 fully saturated rings. The summed E-state index contributed by atoms with van der Waals surface area (Å²) in [5.41, 5.74) is 0. The van der Waals surface area contributed by atoms with Crippen molar-refractivity contribution in [2.75, 3.05) is 0 Å². The van der Waals surface area contributed by atoms with Gasteiger partial charge in [-0.2, -0.15) is 0 Å². The Balaban J connectivity index is 1.87. The Morgan fingerprint density at radius 3 is 3.14 bits per heavy atom. The molecule has 14 heavy (non-hydrogen) atoms. The highest BCUT2D eigenvalue weighted by Crippen LogP contribution is 2.61. The van der Waals surface area contributed by atoms with Crippen LogP contribution in [0.3, 0.4) is 0 Å². The van der Waals surface area contributed by atoms with Gasteiger partial charge in [0.2, 0.25) is 0 Å². The number of aliphatic hydroxyl groups is 1. The van der Waals surface area contributed by atoms with E-state index in [2.05, 4.69) is 6.08 Å². The summed E-state index contributed by atoms with van der Waals surface area (Å²) in [5, 5.41) is 11.1. The van der Waals surface area contributed by atoms with Crippen LogP contribution < -0.4 is 0 Å². The molecule has 2 heterocycles. The van der Waals surface area contributed by atoms with E-state index in [0.29, 0.717) is 35.9 Å². The maximum atomic E-state index is 10.1. The van der Waals surface area contributed by atoms with Crippen molar-refractivity contribution in [1.82, 2.24) is 0 Å². The third kappa shape index (κ3) is 0.742. The normalized spacial score (nSPS) is 63.3. The van der Waals surface area contributed by atoms with E-state index >= 15 is 0 Å². The molecule has 1 N–H and O–H groups in total. The maximum Gasteiger partial charge on any atom is 0.0681 e. The fourth-order valence-electron chi connectivity index (χ4n) is 4.24. The molecule has 0 aromatic carbocycles. The topological polar surface area (TPSA) is 29.5 Å². The summed E-state index contributed by atoms with van der Waals surface area (Å²) in [6.07, 6.45) is 4.67. The maximum absolute atomic E-state index is 10.1. The van der Waals surface area contributed by atoms with Crippen molar-refractivity contribution >= 4 is 11.6 Å². The molecule has 2 saturated heterocycles. The highest BCUT2D eigenvalue weighted by molar-refractivity contribution is 6.29. The van der Waals surface area contributed by atoms with Crippen LogP contribution in [-0.4, -0.2) is 23.4 Å². The van der Waals surface area contributed by atoms with Crippen LogP contribution in [0.4, 0.5) is 0 Å². The van der Waals surface area contributed by atoms with Crippen LogP contribution in [0.25, 0.3) is 0 Å². The Bertz CT molecular complexity index is 327. The van der Waals surface area contributed by atoms with Gasteiger partial charge in [0.15, 0.2) is 0 Å². The van der Waals surface area contributed by atoms with E-state index in [0.717, 1.165) is 17.9 Å². The molecule has 2 nitrogen and oxygen atoms in total. The molecule has 0 aromatic heterocycles. The first kappa shape index (κ1) is 8.14. The highest BCUT2D eigenvalue weighted by atomic mass is 35.5. The smallest absolute Gasteiger partial charge is 0.0681 e. The molecule has 5 aliphatic rings. The van der Waals surface area contributed by atoms with Gasteiger partial charge in [-0.25, -0.2) is 0 Å². The average Bonchev–Trinajstić information content (AvgIpc) is 2.59. The minimum atomic E-state index is -0.130. The molecule has 2 saturated carbocycles. The summed E-state index contributed by atoms with van der Waals surface area (Å²) < 4.78 is 5.97. The summed E-state index contributed by atoms with van der Waals surface area (Å²) in [5.74, 6) is 1.69. The van der Waals surface area contributed by atoms with Crippen molar-refractivity contribution in [1.29, 1.82) is 0 Å². The van der Waals surface area contributed by atoms with Crippen molar-refractivity contribution < 1.29 is 9.84 Å². The third-order valence-corrected chi connectivity index (χ3v) is 4.98. The molecule has 3 heteroatoms. The summed E-state index contributed by atoms with van der Waals surface area (Å²) in [6, 6.07) is 0. The lowest BCUT2D eigenvalue weighted by atomic mass is 9.66. The average molecular weight is 213 g/mol. The molecule has 5 rings (SSSR count). The second-order valence-corrected chi connectivity index (χ2v) is 5.65. The van der Waals surface area contributed by atoms with Gasteiger partial charge in [0.25, 0.3) is 0 Å². The Kier molecular flexibility index (Phi) is 1.38. The molecule has 6 bridgehead atoms. The number of hydrogen-bond acceptors (Lipinski definition) is 2. The van der Waals surface area contributed by atoms with Crippen molar-refractivity contribution in [3.05, 3.63) is 11.1 Å². The Hall–Kier alpha value is -0.0500. The molecule has 76 valence electrons. The fourth-order valence-corrected chi connectivity index (χ4v) is 4.56. The first-order chi connectivity index (χ1) is 6.75. The van der Waals surface area contributed by atoms with Gasteiger partial charge in [-0.3, -0.25) is 0 Å². The molecule has 3 aliphatic carbocycles. The van der Waals surface area contributed by atoms with E-state index in [-0.39, 0.29) is 6.10 Å². The third-order valence-electron chi connectivity index (χ3n) is 4.70. The van der Waals surface area contributed by atoms with Crippen molar-refractivity contribution in [2.24, 2.45) is 23.7 Å². The van der Waals surface area contributed by atoms with Crippen molar-refractivity contribution in [2.45, 2.75) is 31.2 Å². The molecule has 0 spiro atoms. The van der Waals surface area contributed by atoms with Gasteiger partial charge in [0.05, 0.1) is 18.3 Å². The number of ether oxygens (including phenoxy) is 1.